The van der Waals surface area contributed by atoms with Gasteiger partial charge in [-0.3, -0.25) is 4.98 Å². The molecule has 5 nitrogen and oxygen atoms in total. The zero-order chi connectivity index (χ0) is 9.26. The average molecular weight is 177 g/mol. The van der Waals surface area contributed by atoms with Crippen LogP contribution in [0.2, 0.25) is 0 Å². The zero-order valence-electron chi connectivity index (χ0n) is 6.94. The second-order valence-electron chi connectivity index (χ2n) is 2.55. The highest BCUT2D eigenvalue weighted by atomic mass is 16.4. The van der Waals surface area contributed by atoms with Gasteiger partial charge in [0.25, 0.3) is 5.89 Å². The first-order valence-electron chi connectivity index (χ1n) is 3.75. The lowest BCUT2D eigenvalue weighted by Gasteiger charge is -1.96. The van der Waals surface area contributed by atoms with E-state index in [1.807, 2.05) is 6.92 Å². The lowest BCUT2D eigenvalue weighted by Crippen LogP contribution is -1.93. The van der Waals surface area contributed by atoms with Crippen molar-refractivity contribution < 1.29 is 4.42 Å². The van der Waals surface area contributed by atoms with E-state index in [4.69, 9.17) is 4.42 Å². The van der Waals surface area contributed by atoms with E-state index in [-0.39, 0.29) is 5.89 Å². The minimum Gasteiger partial charge on any atom is -0.388 e. The molecule has 2 heterocycles. The molecular formula is C8H7N3O2. The van der Waals surface area contributed by atoms with E-state index in [0.717, 1.165) is 11.3 Å². The van der Waals surface area contributed by atoms with Crippen LogP contribution in [-0.2, 0) is 0 Å². The minimum atomic E-state index is -0.557. The number of nitrogens with zero attached hydrogens (tertiary/aromatic N) is 2. The molecule has 2 aromatic rings. The highest BCUT2D eigenvalue weighted by Crippen LogP contribution is 2.16. The maximum absolute atomic E-state index is 10.7. The third kappa shape index (κ3) is 1.35. The van der Waals surface area contributed by atoms with Gasteiger partial charge in [0.05, 0.1) is 5.56 Å². The Bertz CT molecular complexity index is 472. The Kier molecular flexibility index (Phi) is 1.70. The summed E-state index contributed by atoms with van der Waals surface area (Å²) in [5.74, 6) is -0.283. The number of rotatable bonds is 1. The number of aromatic amines is 1. The summed E-state index contributed by atoms with van der Waals surface area (Å²) in [7, 11) is 0. The van der Waals surface area contributed by atoms with Crippen molar-refractivity contribution in [3.05, 3.63) is 34.6 Å². The largest absolute Gasteiger partial charge is 0.434 e. The monoisotopic (exact) mass is 177 g/mol. The van der Waals surface area contributed by atoms with Crippen LogP contribution in [0.25, 0.3) is 11.5 Å². The highest BCUT2D eigenvalue weighted by Gasteiger charge is 2.07. The van der Waals surface area contributed by atoms with E-state index >= 15 is 0 Å². The molecule has 0 bridgehead atoms. The number of H-pyrrole nitrogens is 1. The Morgan fingerprint density at radius 3 is 3.00 bits per heavy atom. The Labute approximate surface area is 73.4 Å². The van der Waals surface area contributed by atoms with Crippen LogP contribution in [-0.4, -0.2) is 15.2 Å². The molecule has 0 unspecified atom stereocenters. The SMILES string of the molecule is Cc1ncccc1-c1n[nH]c(=O)o1. The van der Waals surface area contributed by atoms with Crippen LogP contribution in [0.1, 0.15) is 5.69 Å². The van der Waals surface area contributed by atoms with E-state index in [1.54, 1.807) is 18.3 Å². The summed E-state index contributed by atoms with van der Waals surface area (Å²) in [6, 6.07) is 3.55. The summed E-state index contributed by atoms with van der Waals surface area (Å²) in [4.78, 5) is 14.7. The van der Waals surface area contributed by atoms with Crippen molar-refractivity contribution in [2.75, 3.05) is 0 Å². The van der Waals surface area contributed by atoms with Crippen LogP contribution in [0, 0.1) is 6.92 Å². The lowest BCUT2D eigenvalue weighted by atomic mass is 10.2. The topological polar surface area (TPSA) is 71.8 Å². The molecule has 0 atom stereocenters. The van der Waals surface area contributed by atoms with Crippen molar-refractivity contribution in [1.82, 2.24) is 15.2 Å². The molecule has 5 heteroatoms. The van der Waals surface area contributed by atoms with Crippen molar-refractivity contribution in [2.45, 2.75) is 6.92 Å². The molecule has 1 N–H and O–H groups in total. The Balaban J connectivity index is 2.58. The number of pyridine rings is 1. The summed E-state index contributed by atoms with van der Waals surface area (Å²) in [5, 5.41) is 5.90. The van der Waals surface area contributed by atoms with E-state index < -0.39 is 5.76 Å². The molecule has 0 aliphatic carbocycles. The molecule has 0 radical (unpaired) electrons. The smallest absolute Gasteiger partial charge is 0.388 e. The first-order chi connectivity index (χ1) is 6.27. The predicted molar refractivity (Wildman–Crippen MR) is 45.1 cm³/mol. The third-order valence-electron chi connectivity index (χ3n) is 1.68. The Hall–Kier alpha value is -1.91. The van der Waals surface area contributed by atoms with E-state index in [9.17, 15) is 4.79 Å². The maximum atomic E-state index is 10.7. The Morgan fingerprint density at radius 1 is 1.54 bits per heavy atom. The highest BCUT2D eigenvalue weighted by molar-refractivity contribution is 5.54. The van der Waals surface area contributed by atoms with Crippen LogP contribution in [0.15, 0.2) is 27.5 Å². The molecule has 0 saturated heterocycles. The number of hydrogen-bond acceptors (Lipinski definition) is 4. The van der Waals surface area contributed by atoms with Crippen molar-refractivity contribution in [3.8, 4) is 11.5 Å². The molecule has 0 fully saturated rings. The quantitative estimate of drug-likeness (QED) is 0.697. The molecule has 2 aromatic heterocycles. The van der Waals surface area contributed by atoms with Gasteiger partial charge in [-0.25, -0.2) is 9.89 Å². The fraction of sp³-hybridized carbons (Fsp3) is 0.125. The first kappa shape index (κ1) is 7.72. The van der Waals surface area contributed by atoms with Gasteiger partial charge in [0, 0.05) is 11.9 Å². The van der Waals surface area contributed by atoms with Gasteiger partial charge in [0.1, 0.15) is 0 Å². The van der Waals surface area contributed by atoms with Crippen LogP contribution in [0.4, 0.5) is 0 Å². The van der Waals surface area contributed by atoms with Gasteiger partial charge < -0.3 is 4.42 Å². The fourth-order valence-electron chi connectivity index (χ4n) is 1.06. The molecule has 0 aromatic carbocycles. The van der Waals surface area contributed by atoms with E-state index in [2.05, 4.69) is 15.2 Å². The molecule has 0 aliphatic heterocycles. The number of aromatic nitrogens is 3. The number of aryl methyl sites for hydroxylation is 1. The van der Waals surface area contributed by atoms with Gasteiger partial charge in [-0.15, -0.1) is 5.10 Å². The van der Waals surface area contributed by atoms with Crippen LogP contribution in [0.3, 0.4) is 0 Å². The lowest BCUT2D eigenvalue weighted by molar-refractivity contribution is 0.526. The minimum absolute atomic E-state index is 0.274. The second kappa shape index (κ2) is 2.85. The van der Waals surface area contributed by atoms with Crippen LogP contribution < -0.4 is 5.76 Å². The molecule has 13 heavy (non-hydrogen) atoms. The van der Waals surface area contributed by atoms with Gasteiger partial charge >= 0.3 is 5.76 Å². The van der Waals surface area contributed by atoms with Gasteiger partial charge in [0.2, 0.25) is 0 Å². The van der Waals surface area contributed by atoms with Crippen molar-refractivity contribution in [1.29, 1.82) is 0 Å². The van der Waals surface area contributed by atoms with Gasteiger partial charge in [-0.1, -0.05) is 0 Å². The Morgan fingerprint density at radius 2 is 2.38 bits per heavy atom. The molecule has 0 saturated carbocycles. The summed E-state index contributed by atoms with van der Waals surface area (Å²) >= 11 is 0. The molecule has 0 amide bonds. The summed E-state index contributed by atoms with van der Waals surface area (Å²) in [6.07, 6.45) is 1.67. The molecule has 0 aliphatic rings. The maximum Gasteiger partial charge on any atom is 0.434 e. The third-order valence-corrected chi connectivity index (χ3v) is 1.68. The summed E-state index contributed by atoms with van der Waals surface area (Å²) in [5.41, 5.74) is 1.50. The molecule has 66 valence electrons. The van der Waals surface area contributed by atoms with Gasteiger partial charge in [-0.2, -0.15) is 0 Å². The second-order valence-corrected chi connectivity index (χ2v) is 2.55. The average Bonchev–Trinajstić information content (AvgIpc) is 2.53. The summed E-state index contributed by atoms with van der Waals surface area (Å²) in [6.45, 7) is 1.82. The van der Waals surface area contributed by atoms with Crippen molar-refractivity contribution >= 4 is 0 Å². The normalized spacial score (nSPS) is 10.2. The molecular weight excluding hydrogens is 170 g/mol. The van der Waals surface area contributed by atoms with Crippen LogP contribution >= 0.6 is 0 Å². The van der Waals surface area contributed by atoms with Gasteiger partial charge in [-0.05, 0) is 19.1 Å². The molecule has 0 spiro atoms. The fourth-order valence-corrected chi connectivity index (χ4v) is 1.06. The van der Waals surface area contributed by atoms with Crippen LogP contribution in [0.5, 0.6) is 0 Å². The van der Waals surface area contributed by atoms with E-state index in [0.29, 0.717) is 0 Å². The van der Waals surface area contributed by atoms with Crippen molar-refractivity contribution in [3.63, 3.8) is 0 Å². The number of hydrogen-bond donors (Lipinski definition) is 1. The standard InChI is InChI=1S/C8H7N3O2/c1-5-6(3-2-4-9-5)7-10-11-8(12)13-7/h2-4H,1H3,(H,11,12). The summed E-state index contributed by atoms with van der Waals surface area (Å²) < 4.78 is 4.79. The van der Waals surface area contributed by atoms with Gasteiger partial charge in [0.15, 0.2) is 0 Å². The first-order valence-corrected chi connectivity index (χ1v) is 3.75. The predicted octanol–water partition coefficient (Wildman–Crippen LogP) is 0.733. The molecule has 2 rings (SSSR count). The van der Waals surface area contributed by atoms with E-state index in [1.165, 1.54) is 0 Å². The van der Waals surface area contributed by atoms with Crippen molar-refractivity contribution in [2.24, 2.45) is 0 Å². The zero-order valence-corrected chi connectivity index (χ0v) is 6.94. The number of nitrogens with one attached hydrogen (secondary N) is 1.